The van der Waals surface area contributed by atoms with Gasteiger partial charge in [0, 0.05) is 19.4 Å². The average Bonchev–Trinajstić information content (AvgIpc) is 3.16. The Hall–Kier alpha value is -2.43. The van der Waals surface area contributed by atoms with Crippen molar-refractivity contribution in [2.75, 3.05) is 13.3 Å². The topological polar surface area (TPSA) is 60.7 Å². The van der Waals surface area contributed by atoms with Gasteiger partial charge in [0.05, 0.1) is 6.26 Å². The molecule has 0 bridgehead atoms. The lowest BCUT2D eigenvalue weighted by Crippen LogP contribution is -2.25. The van der Waals surface area contributed by atoms with Gasteiger partial charge in [-0.1, -0.05) is 6.07 Å². The summed E-state index contributed by atoms with van der Waals surface area (Å²) in [5.41, 5.74) is 1.12. The van der Waals surface area contributed by atoms with Gasteiger partial charge in [0.2, 0.25) is 12.7 Å². The number of hydrogen-bond acceptors (Lipinski definition) is 4. The van der Waals surface area contributed by atoms with E-state index in [9.17, 15) is 4.79 Å². The SMILES string of the molecule is O=C(CCc1ccco1)NCCc1ccc2c(c1)OCO2. The first-order valence-electron chi connectivity index (χ1n) is 6.99. The molecule has 1 aromatic heterocycles. The molecule has 21 heavy (non-hydrogen) atoms. The minimum atomic E-state index is 0.0344. The number of amides is 1. The van der Waals surface area contributed by atoms with Gasteiger partial charge in [-0.15, -0.1) is 0 Å². The van der Waals surface area contributed by atoms with E-state index in [1.807, 2.05) is 30.3 Å². The second-order valence-electron chi connectivity index (χ2n) is 4.87. The van der Waals surface area contributed by atoms with E-state index in [1.54, 1.807) is 6.26 Å². The molecule has 0 saturated carbocycles. The van der Waals surface area contributed by atoms with Crippen molar-refractivity contribution in [1.29, 1.82) is 0 Å². The van der Waals surface area contributed by atoms with Gasteiger partial charge in [-0.3, -0.25) is 4.79 Å². The van der Waals surface area contributed by atoms with E-state index in [1.165, 1.54) is 0 Å². The normalized spacial score (nSPS) is 12.4. The second-order valence-corrected chi connectivity index (χ2v) is 4.87. The number of benzene rings is 1. The zero-order valence-electron chi connectivity index (χ0n) is 11.6. The first kappa shape index (κ1) is 13.5. The Bertz CT molecular complexity index is 607. The second kappa shape index (κ2) is 6.35. The molecule has 0 unspecified atom stereocenters. The van der Waals surface area contributed by atoms with Crippen LogP contribution in [0, 0.1) is 0 Å². The lowest BCUT2D eigenvalue weighted by molar-refractivity contribution is -0.121. The molecule has 2 heterocycles. The van der Waals surface area contributed by atoms with Crippen LogP contribution in [0.15, 0.2) is 41.0 Å². The molecule has 0 radical (unpaired) electrons. The highest BCUT2D eigenvalue weighted by Gasteiger charge is 2.13. The van der Waals surface area contributed by atoms with E-state index in [-0.39, 0.29) is 12.7 Å². The van der Waals surface area contributed by atoms with E-state index in [0.29, 0.717) is 19.4 Å². The fourth-order valence-corrected chi connectivity index (χ4v) is 2.22. The largest absolute Gasteiger partial charge is 0.469 e. The lowest BCUT2D eigenvalue weighted by Gasteiger charge is -2.05. The Morgan fingerprint density at radius 2 is 2.05 bits per heavy atom. The van der Waals surface area contributed by atoms with Gasteiger partial charge in [-0.2, -0.15) is 0 Å². The van der Waals surface area contributed by atoms with Gasteiger partial charge in [-0.05, 0) is 36.2 Å². The van der Waals surface area contributed by atoms with Crippen LogP contribution in [0.3, 0.4) is 0 Å². The predicted molar refractivity (Wildman–Crippen MR) is 76.3 cm³/mol. The number of rotatable bonds is 6. The molecule has 1 aromatic carbocycles. The maximum absolute atomic E-state index is 11.7. The molecule has 110 valence electrons. The summed E-state index contributed by atoms with van der Waals surface area (Å²) in [7, 11) is 0. The summed E-state index contributed by atoms with van der Waals surface area (Å²) in [6.45, 7) is 0.888. The molecule has 1 aliphatic rings. The first-order valence-corrected chi connectivity index (χ1v) is 6.99. The third-order valence-corrected chi connectivity index (χ3v) is 3.35. The third kappa shape index (κ3) is 3.56. The van der Waals surface area contributed by atoms with Crippen LogP contribution >= 0.6 is 0 Å². The van der Waals surface area contributed by atoms with Crippen LogP contribution in [-0.2, 0) is 17.6 Å². The van der Waals surface area contributed by atoms with E-state index in [0.717, 1.165) is 29.2 Å². The maximum atomic E-state index is 11.7. The van der Waals surface area contributed by atoms with Crippen molar-refractivity contribution in [3.05, 3.63) is 47.9 Å². The Balaban J connectivity index is 1.40. The molecule has 1 N–H and O–H groups in total. The fourth-order valence-electron chi connectivity index (χ4n) is 2.22. The van der Waals surface area contributed by atoms with Gasteiger partial charge in [-0.25, -0.2) is 0 Å². The minimum Gasteiger partial charge on any atom is -0.469 e. The van der Waals surface area contributed by atoms with Crippen LogP contribution in [0.1, 0.15) is 17.7 Å². The van der Waals surface area contributed by atoms with Gasteiger partial charge < -0.3 is 19.2 Å². The van der Waals surface area contributed by atoms with Crippen LogP contribution in [0.25, 0.3) is 0 Å². The number of furan rings is 1. The molecular weight excluding hydrogens is 270 g/mol. The Kier molecular flexibility index (Phi) is 4.09. The third-order valence-electron chi connectivity index (χ3n) is 3.35. The number of nitrogens with one attached hydrogen (secondary N) is 1. The van der Waals surface area contributed by atoms with Crippen molar-refractivity contribution in [2.45, 2.75) is 19.3 Å². The van der Waals surface area contributed by atoms with Gasteiger partial charge in [0.25, 0.3) is 0 Å². The van der Waals surface area contributed by atoms with Crippen molar-refractivity contribution in [3.63, 3.8) is 0 Å². The van der Waals surface area contributed by atoms with Crippen LogP contribution in [0.2, 0.25) is 0 Å². The molecule has 0 fully saturated rings. The van der Waals surface area contributed by atoms with Gasteiger partial charge >= 0.3 is 0 Å². The van der Waals surface area contributed by atoms with Crippen LogP contribution in [-0.4, -0.2) is 19.2 Å². The highest BCUT2D eigenvalue weighted by atomic mass is 16.7. The fraction of sp³-hybridized carbons (Fsp3) is 0.312. The maximum Gasteiger partial charge on any atom is 0.231 e. The molecule has 1 amide bonds. The van der Waals surface area contributed by atoms with E-state index < -0.39 is 0 Å². The molecule has 0 aliphatic carbocycles. The Labute approximate surface area is 122 Å². The van der Waals surface area contributed by atoms with Crippen molar-refractivity contribution in [2.24, 2.45) is 0 Å². The van der Waals surface area contributed by atoms with Gasteiger partial charge in [0.1, 0.15) is 5.76 Å². The van der Waals surface area contributed by atoms with E-state index in [4.69, 9.17) is 13.9 Å². The van der Waals surface area contributed by atoms with Crippen molar-refractivity contribution >= 4 is 5.91 Å². The molecule has 0 spiro atoms. The summed E-state index contributed by atoms with van der Waals surface area (Å²) in [5, 5.41) is 2.91. The monoisotopic (exact) mass is 287 g/mol. The molecule has 1 aliphatic heterocycles. The lowest BCUT2D eigenvalue weighted by atomic mass is 10.1. The smallest absolute Gasteiger partial charge is 0.231 e. The van der Waals surface area contributed by atoms with Crippen LogP contribution < -0.4 is 14.8 Å². The highest BCUT2D eigenvalue weighted by Crippen LogP contribution is 2.32. The number of ether oxygens (including phenoxy) is 2. The number of aryl methyl sites for hydroxylation is 1. The predicted octanol–water partition coefficient (Wildman–Crippen LogP) is 2.30. The van der Waals surface area contributed by atoms with Gasteiger partial charge in [0.15, 0.2) is 11.5 Å². The molecule has 0 atom stereocenters. The van der Waals surface area contributed by atoms with Crippen LogP contribution in [0.5, 0.6) is 11.5 Å². The summed E-state index contributed by atoms with van der Waals surface area (Å²) < 4.78 is 15.8. The first-order chi connectivity index (χ1) is 10.3. The molecule has 0 saturated heterocycles. The van der Waals surface area contributed by atoms with Crippen LogP contribution in [0.4, 0.5) is 0 Å². The summed E-state index contributed by atoms with van der Waals surface area (Å²) in [4.78, 5) is 11.7. The molecule has 5 heteroatoms. The molecule has 5 nitrogen and oxygen atoms in total. The Morgan fingerprint density at radius 1 is 1.14 bits per heavy atom. The average molecular weight is 287 g/mol. The number of hydrogen-bond donors (Lipinski definition) is 1. The number of fused-ring (bicyclic) bond motifs is 1. The summed E-state index contributed by atoms with van der Waals surface area (Å²) in [5.74, 6) is 2.42. The van der Waals surface area contributed by atoms with E-state index >= 15 is 0 Å². The molecule has 3 rings (SSSR count). The minimum absolute atomic E-state index is 0.0344. The number of carbonyl (C=O) groups is 1. The van der Waals surface area contributed by atoms with Crippen molar-refractivity contribution in [1.82, 2.24) is 5.32 Å². The molecular formula is C16H17NO4. The quantitative estimate of drug-likeness (QED) is 0.885. The molecule has 2 aromatic rings. The summed E-state index contributed by atoms with van der Waals surface area (Å²) in [6.07, 6.45) is 3.45. The van der Waals surface area contributed by atoms with Crippen molar-refractivity contribution < 1.29 is 18.7 Å². The number of carbonyl (C=O) groups excluding carboxylic acids is 1. The summed E-state index contributed by atoms with van der Waals surface area (Å²) in [6, 6.07) is 9.54. The standard InChI is InChI=1S/C16H17NO4/c18-16(6-4-13-2-1-9-19-13)17-8-7-12-3-5-14-15(10-12)21-11-20-14/h1-3,5,9-10H,4,6-8,11H2,(H,17,18). The zero-order chi connectivity index (χ0) is 14.5. The summed E-state index contributed by atoms with van der Waals surface area (Å²) >= 11 is 0. The van der Waals surface area contributed by atoms with Crippen molar-refractivity contribution in [3.8, 4) is 11.5 Å². The zero-order valence-corrected chi connectivity index (χ0v) is 11.6. The highest BCUT2D eigenvalue weighted by molar-refractivity contribution is 5.76. The Morgan fingerprint density at radius 3 is 2.90 bits per heavy atom. The van der Waals surface area contributed by atoms with E-state index in [2.05, 4.69) is 5.32 Å².